The van der Waals surface area contributed by atoms with Crippen LogP contribution in [0.3, 0.4) is 0 Å². The SMILES string of the molecule is COCC(C)Nc1nc[nH]c(=O)c1I. The second-order valence-electron chi connectivity index (χ2n) is 2.89. The van der Waals surface area contributed by atoms with Crippen LogP contribution in [0.4, 0.5) is 5.82 Å². The summed E-state index contributed by atoms with van der Waals surface area (Å²) in [4.78, 5) is 17.7. The zero-order valence-electron chi connectivity index (χ0n) is 8.00. The summed E-state index contributed by atoms with van der Waals surface area (Å²) in [5.74, 6) is 0.596. The van der Waals surface area contributed by atoms with Crippen molar-refractivity contribution in [2.24, 2.45) is 0 Å². The molecule has 1 rings (SSSR count). The molecule has 0 aliphatic carbocycles. The van der Waals surface area contributed by atoms with E-state index in [9.17, 15) is 4.79 Å². The fraction of sp³-hybridized carbons (Fsp3) is 0.500. The predicted molar refractivity (Wildman–Crippen MR) is 62.5 cm³/mol. The molecule has 0 fully saturated rings. The number of nitrogens with one attached hydrogen (secondary N) is 2. The standard InChI is InChI=1S/C8H12IN3O2/c1-5(3-14-2)12-7-6(9)8(13)11-4-10-7/h4-5H,3H2,1-2H3,(H2,10,11,12,13). The number of methoxy groups -OCH3 is 1. The van der Waals surface area contributed by atoms with E-state index in [2.05, 4.69) is 15.3 Å². The fourth-order valence-corrected chi connectivity index (χ4v) is 1.46. The van der Waals surface area contributed by atoms with Crippen molar-refractivity contribution in [1.82, 2.24) is 9.97 Å². The van der Waals surface area contributed by atoms with E-state index in [1.807, 2.05) is 29.5 Å². The molecular formula is C8H12IN3O2. The maximum Gasteiger partial charge on any atom is 0.266 e. The van der Waals surface area contributed by atoms with Gasteiger partial charge in [0.15, 0.2) is 0 Å². The quantitative estimate of drug-likeness (QED) is 0.808. The van der Waals surface area contributed by atoms with Gasteiger partial charge in [-0.1, -0.05) is 0 Å². The number of nitrogens with zero attached hydrogens (tertiary/aromatic N) is 1. The summed E-state index contributed by atoms with van der Waals surface area (Å²) in [5.41, 5.74) is -0.132. The van der Waals surface area contributed by atoms with E-state index < -0.39 is 0 Å². The van der Waals surface area contributed by atoms with Crippen LogP contribution < -0.4 is 10.9 Å². The number of rotatable bonds is 4. The van der Waals surface area contributed by atoms with Crippen LogP contribution in [0.1, 0.15) is 6.92 Å². The van der Waals surface area contributed by atoms with E-state index in [1.165, 1.54) is 6.33 Å². The molecule has 14 heavy (non-hydrogen) atoms. The Balaban J connectivity index is 2.76. The Hall–Kier alpha value is -0.630. The van der Waals surface area contributed by atoms with Crippen molar-refractivity contribution in [3.8, 4) is 0 Å². The Kier molecular flexibility index (Phi) is 4.33. The van der Waals surface area contributed by atoms with Gasteiger partial charge in [0.25, 0.3) is 5.56 Å². The van der Waals surface area contributed by atoms with E-state index in [4.69, 9.17) is 4.74 Å². The van der Waals surface area contributed by atoms with Crippen molar-refractivity contribution in [2.75, 3.05) is 19.0 Å². The highest BCUT2D eigenvalue weighted by molar-refractivity contribution is 14.1. The van der Waals surface area contributed by atoms with Gasteiger partial charge in [-0.3, -0.25) is 4.79 Å². The summed E-state index contributed by atoms with van der Waals surface area (Å²) in [6.07, 6.45) is 1.38. The highest BCUT2D eigenvalue weighted by Crippen LogP contribution is 2.09. The minimum atomic E-state index is -0.132. The second-order valence-corrected chi connectivity index (χ2v) is 3.97. The zero-order valence-corrected chi connectivity index (χ0v) is 10.2. The number of hydrogen-bond donors (Lipinski definition) is 2. The minimum Gasteiger partial charge on any atom is -0.383 e. The Labute approximate surface area is 95.4 Å². The number of aromatic amines is 1. The molecule has 0 saturated heterocycles. The lowest BCUT2D eigenvalue weighted by molar-refractivity contribution is 0.190. The molecule has 0 aliphatic rings. The molecule has 2 N–H and O–H groups in total. The number of hydrogen-bond acceptors (Lipinski definition) is 4. The van der Waals surface area contributed by atoms with Crippen LogP contribution in [-0.2, 0) is 4.74 Å². The maximum absolute atomic E-state index is 11.2. The summed E-state index contributed by atoms with van der Waals surface area (Å²) in [6, 6.07) is 0.128. The van der Waals surface area contributed by atoms with Gasteiger partial charge in [0.1, 0.15) is 9.39 Å². The van der Waals surface area contributed by atoms with Crippen molar-refractivity contribution in [3.05, 3.63) is 20.3 Å². The number of halogens is 1. The monoisotopic (exact) mass is 309 g/mol. The first-order valence-corrected chi connectivity index (χ1v) is 5.21. The van der Waals surface area contributed by atoms with Crippen LogP contribution in [0.5, 0.6) is 0 Å². The van der Waals surface area contributed by atoms with Gasteiger partial charge in [0, 0.05) is 13.2 Å². The van der Waals surface area contributed by atoms with Crippen molar-refractivity contribution >= 4 is 28.4 Å². The molecule has 1 unspecified atom stereocenters. The topological polar surface area (TPSA) is 67.0 Å². The molecule has 0 bridgehead atoms. The molecule has 0 aliphatic heterocycles. The second kappa shape index (κ2) is 5.30. The summed E-state index contributed by atoms with van der Waals surface area (Å²) in [5, 5.41) is 3.09. The largest absolute Gasteiger partial charge is 0.383 e. The minimum absolute atomic E-state index is 0.128. The van der Waals surface area contributed by atoms with Crippen molar-refractivity contribution in [2.45, 2.75) is 13.0 Å². The van der Waals surface area contributed by atoms with Crippen LogP contribution >= 0.6 is 22.6 Å². The molecule has 0 saturated carbocycles. The van der Waals surface area contributed by atoms with E-state index in [0.717, 1.165) is 0 Å². The molecule has 0 radical (unpaired) electrons. The summed E-state index contributed by atoms with van der Waals surface area (Å²) < 4.78 is 5.53. The van der Waals surface area contributed by atoms with E-state index in [0.29, 0.717) is 16.0 Å². The van der Waals surface area contributed by atoms with Gasteiger partial charge in [-0.15, -0.1) is 0 Å². The predicted octanol–water partition coefficient (Wildman–Crippen LogP) is 0.821. The first-order valence-electron chi connectivity index (χ1n) is 4.13. The van der Waals surface area contributed by atoms with Gasteiger partial charge < -0.3 is 15.0 Å². The van der Waals surface area contributed by atoms with Gasteiger partial charge in [0.2, 0.25) is 0 Å². The van der Waals surface area contributed by atoms with E-state index in [-0.39, 0.29) is 11.6 Å². The molecule has 1 atom stereocenters. The van der Waals surface area contributed by atoms with Gasteiger partial charge >= 0.3 is 0 Å². The van der Waals surface area contributed by atoms with Gasteiger partial charge in [-0.2, -0.15) is 0 Å². The van der Waals surface area contributed by atoms with E-state index >= 15 is 0 Å². The number of aromatic nitrogens is 2. The summed E-state index contributed by atoms with van der Waals surface area (Å²) >= 11 is 1.96. The Bertz CT molecular complexity index is 353. The van der Waals surface area contributed by atoms with Gasteiger partial charge in [0.05, 0.1) is 12.9 Å². The van der Waals surface area contributed by atoms with Crippen LogP contribution in [0.25, 0.3) is 0 Å². The van der Waals surface area contributed by atoms with Gasteiger partial charge in [-0.25, -0.2) is 4.98 Å². The normalized spacial score (nSPS) is 12.5. The molecule has 0 spiro atoms. The maximum atomic E-state index is 11.2. The first kappa shape index (κ1) is 11.4. The van der Waals surface area contributed by atoms with Crippen molar-refractivity contribution in [3.63, 3.8) is 0 Å². The molecule has 1 aromatic rings. The van der Waals surface area contributed by atoms with Crippen LogP contribution in [0.2, 0.25) is 0 Å². The molecule has 0 amide bonds. The highest BCUT2D eigenvalue weighted by atomic mass is 127. The third-order valence-electron chi connectivity index (χ3n) is 1.60. The smallest absolute Gasteiger partial charge is 0.266 e. The van der Waals surface area contributed by atoms with Crippen molar-refractivity contribution < 1.29 is 4.74 Å². The van der Waals surface area contributed by atoms with Gasteiger partial charge in [-0.05, 0) is 29.5 Å². The molecule has 0 aromatic carbocycles. The molecule has 78 valence electrons. The Morgan fingerprint density at radius 3 is 3.14 bits per heavy atom. The lowest BCUT2D eigenvalue weighted by Gasteiger charge is -2.13. The van der Waals surface area contributed by atoms with Crippen LogP contribution in [0.15, 0.2) is 11.1 Å². The van der Waals surface area contributed by atoms with Crippen molar-refractivity contribution in [1.29, 1.82) is 0 Å². The van der Waals surface area contributed by atoms with Crippen LogP contribution in [-0.4, -0.2) is 29.7 Å². The summed E-state index contributed by atoms with van der Waals surface area (Å²) in [6.45, 7) is 2.53. The lowest BCUT2D eigenvalue weighted by Crippen LogP contribution is -2.24. The number of H-pyrrole nitrogens is 1. The fourth-order valence-electron chi connectivity index (χ4n) is 1.01. The third kappa shape index (κ3) is 2.95. The number of anilines is 1. The molecule has 6 heteroatoms. The van der Waals surface area contributed by atoms with Crippen LogP contribution in [0, 0.1) is 3.57 Å². The molecule has 1 aromatic heterocycles. The first-order chi connectivity index (χ1) is 6.65. The summed E-state index contributed by atoms with van der Waals surface area (Å²) in [7, 11) is 1.63. The average Bonchev–Trinajstić information content (AvgIpc) is 2.13. The molecule has 1 heterocycles. The number of ether oxygens (including phenoxy) is 1. The molecular weight excluding hydrogens is 297 g/mol. The highest BCUT2D eigenvalue weighted by Gasteiger charge is 2.07. The zero-order chi connectivity index (χ0) is 10.6. The Morgan fingerprint density at radius 2 is 2.50 bits per heavy atom. The lowest BCUT2D eigenvalue weighted by atomic mass is 10.3. The molecule has 5 nitrogen and oxygen atoms in total. The Morgan fingerprint density at radius 1 is 1.79 bits per heavy atom. The third-order valence-corrected chi connectivity index (χ3v) is 2.60. The van der Waals surface area contributed by atoms with E-state index in [1.54, 1.807) is 7.11 Å². The average molecular weight is 309 g/mol.